The first kappa shape index (κ1) is 30.5. The number of benzene rings is 3. The van der Waals surface area contributed by atoms with Crippen LogP contribution >= 0.6 is 0 Å². The molecule has 0 unspecified atom stereocenters. The molecular weight excluding hydrogens is 564 g/mol. The van der Waals surface area contributed by atoms with Crippen molar-refractivity contribution in [3.05, 3.63) is 89.5 Å². The van der Waals surface area contributed by atoms with Crippen molar-refractivity contribution < 1.29 is 23.7 Å². The number of hydrogen-bond donors (Lipinski definition) is 5. The molecule has 0 aliphatic carbocycles. The van der Waals surface area contributed by atoms with Gasteiger partial charge in [0.2, 0.25) is 24.6 Å². The average molecular weight is 601 g/mol. The second kappa shape index (κ2) is 16.0. The second-order valence-corrected chi connectivity index (χ2v) is 9.62. The number of carbonyl (C=O) groups is 1. The number of para-hydroxylation sites is 1. The molecule has 1 aliphatic rings. The van der Waals surface area contributed by atoms with Crippen LogP contribution in [0.25, 0.3) is 0 Å². The molecule has 5 rings (SSSR count). The molecule has 230 valence electrons. The van der Waals surface area contributed by atoms with Crippen LogP contribution in [0, 0.1) is 0 Å². The smallest absolute Gasteiger partial charge is 0.251 e. The standard InChI is InChI=1S/C31H36N8O5/c32-12-14-41-16-17-42-15-13-33-28(40)23-8-4-10-25(18-23)36-31-38-29(34-19-22-6-2-1-3-7-22)37-30(39-31)35-20-24-9-5-11-26-27(24)44-21-43-26/h1-11,18H,12-17,19-21,32H2,(H,33,40)(H3,34,35,36,37,38,39). The van der Waals surface area contributed by atoms with Crippen molar-refractivity contribution in [3.63, 3.8) is 0 Å². The van der Waals surface area contributed by atoms with E-state index in [1.54, 1.807) is 18.2 Å². The van der Waals surface area contributed by atoms with Crippen LogP contribution in [0.5, 0.6) is 11.5 Å². The molecule has 1 aromatic heterocycles. The van der Waals surface area contributed by atoms with Crippen LogP contribution in [0.3, 0.4) is 0 Å². The third-order valence-electron chi connectivity index (χ3n) is 6.39. The maximum Gasteiger partial charge on any atom is 0.251 e. The molecule has 0 fully saturated rings. The van der Waals surface area contributed by atoms with Crippen LogP contribution in [0.2, 0.25) is 0 Å². The summed E-state index contributed by atoms with van der Waals surface area (Å²) in [4.78, 5) is 26.4. The largest absolute Gasteiger partial charge is 0.454 e. The molecule has 0 atom stereocenters. The zero-order valence-electron chi connectivity index (χ0n) is 24.3. The normalized spacial score (nSPS) is 11.7. The minimum absolute atomic E-state index is 0.190. The van der Waals surface area contributed by atoms with Crippen LogP contribution < -0.4 is 36.5 Å². The Labute approximate surface area is 255 Å². The van der Waals surface area contributed by atoms with Crippen LogP contribution in [0.1, 0.15) is 21.5 Å². The molecule has 3 aromatic carbocycles. The fraction of sp³-hybridized carbons (Fsp3) is 0.290. The van der Waals surface area contributed by atoms with Gasteiger partial charge in [-0.05, 0) is 29.8 Å². The van der Waals surface area contributed by atoms with Crippen molar-refractivity contribution in [1.29, 1.82) is 0 Å². The minimum Gasteiger partial charge on any atom is -0.454 e. The molecular formula is C31H36N8O5. The summed E-state index contributed by atoms with van der Waals surface area (Å²) >= 11 is 0. The van der Waals surface area contributed by atoms with E-state index in [1.165, 1.54) is 0 Å². The molecule has 4 aromatic rings. The predicted molar refractivity (Wildman–Crippen MR) is 166 cm³/mol. The second-order valence-electron chi connectivity index (χ2n) is 9.62. The van der Waals surface area contributed by atoms with Crippen molar-refractivity contribution in [1.82, 2.24) is 20.3 Å². The van der Waals surface area contributed by atoms with Gasteiger partial charge in [-0.15, -0.1) is 0 Å². The maximum atomic E-state index is 12.7. The van der Waals surface area contributed by atoms with Crippen LogP contribution in [-0.2, 0) is 22.6 Å². The van der Waals surface area contributed by atoms with Gasteiger partial charge in [-0.1, -0.05) is 48.5 Å². The average Bonchev–Trinajstić information content (AvgIpc) is 3.54. The van der Waals surface area contributed by atoms with Crippen molar-refractivity contribution >= 4 is 29.4 Å². The summed E-state index contributed by atoms with van der Waals surface area (Å²) in [5.74, 6) is 2.23. The highest BCUT2D eigenvalue weighted by atomic mass is 16.7. The summed E-state index contributed by atoms with van der Waals surface area (Å²) < 4.78 is 21.9. The van der Waals surface area contributed by atoms with Gasteiger partial charge in [-0.25, -0.2) is 0 Å². The van der Waals surface area contributed by atoms with E-state index in [0.717, 1.165) is 11.1 Å². The molecule has 44 heavy (non-hydrogen) atoms. The fourth-order valence-electron chi connectivity index (χ4n) is 4.28. The summed E-state index contributed by atoms with van der Waals surface area (Å²) in [6, 6.07) is 22.8. The zero-order chi connectivity index (χ0) is 30.4. The third-order valence-corrected chi connectivity index (χ3v) is 6.39. The van der Waals surface area contributed by atoms with Crippen molar-refractivity contribution in [3.8, 4) is 11.5 Å². The Kier molecular flexibility index (Phi) is 11.1. The lowest BCUT2D eigenvalue weighted by atomic mass is 10.2. The van der Waals surface area contributed by atoms with Gasteiger partial charge < -0.3 is 45.9 Å². The van der Waals surface area contributed by atoms with Gasteiger partial charge in [0, 0.05) is 43.0 Å². The number of ether oxygens (including phenoxy) is 4. The number of carbonyl (C=O) groups excluding carboxylic acids is 1. The van der Waals surface area contributed by atoms with E-state index >= 15 is 0 Å². The van der Waals surface area contributed by atoms with Gasteiger partial charge in [0.1, 0.15) is 0 Å². The Balaban J connectivity index is 1.23. The highest BCUT2D eigenvalue weighted by Crippen LogP contribution is 2.35. The topological polar surface area (TPSA) is 167 Å². The number of aromatic nitrogens is 3. The first-order chi connectivity index (χ1) is 21.7. The molecule has 13 heteroatoms. The number of amides is 1. The van der Waals surface area contributed by atoms with E-state index in [0.29, 0.717) is 93.2 Å². The Morgan fingerprint density at radius 1 is 0.795 bits per heavy atom. The minimum atomic E-state index is -0.221. The van der Waals surface area contributed by atoms with Crippen LogP contribution in [0.4, 0.5) is 23.5 Å². The quantitative estimate of drug-likeness (QED) is 0.112. The molecule has 13 nitrogen and oxygen atoms in total. The van der Waals surface area contributed by atoms with Gasteiger partial charge in [0.05, 0.1) is 26.4 Å². The summed E-state index contributed by atoms with van der Waals surface area (Å²) in [5.41, 5.74) is 8.51. The predicted octanol–water partition coefficient (Wildman–Crippen LogP) is 3.29. The van der Waals surface area contributed by atoms with E-state index < -0.39 is 0 Å². The summed E-state index contributed by atoms with van der Waals surface area (Å²) in [6.07, 6.45) is 0. The van der Waals surface area contributed by atoms with Crippen LogP contribution in [0.15, 0.2) is 72.8 Å². The van der Waals surface area contributed by atoms with Gasteiger partial charge in [0.15, 0.2) is 11.5 Å². The molecule has 0 saturated carbocycles. The number of nitrogens with zero attached hydrogens (tertiary/aromatic N) is 3. The van der Waals surface area contributed by atoms with Crippen molar-refractivity contribution in [2.24, 2.45) is 5.73 Å². The maximum absolute atomic E-state index is 12.7. The van der Waals surface area contributed by atoms with E-state index in [2.05, 4.69) is 36.2 Å². The molecule has 6 N–H and O–H groups in total. The fourth-order valence-corrected chi connectivity index (χ4v) is 4.28. The number of rotatable bonds is 17. The van der Waals surface area contributed by atoms with Crippen molar-refractivity contribution in [2.45, 2.75) is 13.1 Å². The number of nitrogens with two attached hydrogens (primary N) is 1. The number of fused-ring (bicyclic) bond motifs is 1. The lowest BCUT2D eigenvalue weighted by Crippen LogP contribution is -2.27. The Morgan fingerprint density at radius 3 is 2.36 bits per heavy atom. The SMILES string of the molecule is NCCOCCOCCNC(=O)c1cccc(Nc2nc(NCc3ccccc3)nc(NCc3cccc4c3OCO4)n2)c1. The molecule has 0 spiro atoms. The summed E-state index contributed by atoms with van der Waals surface area (Å²) in [7, 11) is 0. The zero-order valence-corrected chi connectivity index (χ0v) is 24.3. The monoisotopic (exact) mass is 600 g/mol. The van der Waals surface area contributed by atoms with Gasteiger partial charge in [-0.2, -0.15) is 15.0 Å². The first-order valence-corrected chi connectivity index (χ1v) is 14.3. The molecule has 1 aliphatic heterocycles. The molecule has 1 amide bonds. The lowest BCUT2D eigenvalue weighted by Gasteiger charge is -2.13. The molecule has 0 saturated heterocycles. The van der Waals surface area contributed by atoms with Crippen molar-refractivity contribution in [2.75, 3.05) is 62.3 Å². The van der Waals surface area contributed by atoms with Gasteiger partial charge in [-0.3, -0.25) is 4.79 Å². The van der Waals surface area contributed by atoms with E-state index in [-0.39, 0.29) is 12.7 Å². The number of anilines is 4. The van der Waals surface area contributed by atoms with Gasteiger partial charge >= 0.3 is 0 Å². The molecule has 0 bridgehead atoms. The van der Waals surface area contributed by atoms with E-state index in [1.807, 2.05) is 54.6 Å². The third kappa shape index (κ3) is 9.01. The Bertz CT molecular complexity index is 1510. The van der Waals surface area contributed by atoms with Crippen LogP contribution in [-0.4, -0.2) is 67.2 Å². The van der Waals surface area contributed by atoms with Gasteiger partial charge in [0.25, 0.3) is 5.91 Å². The first-order valence-electron chi connectivity index (χ1n) is 14.3. The highest BCUT2D eigenvalue weighted by molar-refractivity contribution is 5.95. The highest BCUT2D eigenvalue weighted by Gasteiger charge is 2.17. The molecule has 2 heterocycles. The number of nitrogens with one attached hydrogen (secondary N) is 4. The lowest BCUT2D eigenvalue weighted by molar-refractivity contribution is 0.0511. The van der Waals surface area contributed by atoms with E-state index in [9.17, 15) is 4.79 Å². The summed E-state index contributed by atoms with van der Waals surface area (Å²) in [5, 5.41) is 12.6. The Morgan fingerprint density at radius 2 is 1.55 bits per heavy atom. The Hall–Kier alpha value is -4.98. The molecule has 0 radical (unpaired) electrons. The van der Waals surface area contributed by atoms with E-state index in [4.69, 9.17) is 24.7 Å². The summed E-state index contributed by atoms with van der Waals surface area (Å²) in [6.45, 7) is 3.76. The number of hydrogen-bond acceptors (Lipinski definition) is 12.